The van der Waals surface area contributed by atoms with Gasteiger partial charge >= 0.3 is 12.3 Å². The van der Waals surface area contributed by atoms with Crippen molar-refractivity contribution in [1.29, 1.82) is 0 Å². The van der Waals surface area contributed by atoms with Crippen molar-refractivity contribution in [3.05, 3.63) is 24.3 Å². The summed E-state index contributed by atoms with van der Waals surface area (Å²) in [6.07, 6.45) is -4.76. The highest BCUT2D eigenvalue weighted by Gasteiger charge is 2.31. The molecular weight excluding hydrogens is 285 g/mol. The molecule has 0 aliphatic carbocycles. The van der Waals surface area contributed by atoms with Crippen molar-refractivity contribution < 1.29 is 32.5 Å². The molecule has 0 bridgehead atoms. The van der Waals surface area contributed by atoms with Gasteiger partial charge in [0.15, 0.2) is 0 Å². The van der Waals surface area contributed by atoms with Crippen molar-refractivity contribution in [3.63, 3.8) is 0 Å². The average Bonchev–Trinajstić information content (AvgIpc) is 2.29. The third-order valence-electron chi connectivity index (χ3n) is 1.82. The molecule has 0 amide bonds. The van der Waals surface area contributed by atoms with E-state index in [2.05, 4.69) is 4.74 Å². The van der Waals surface area contributed by atoms with Crippen molar-refractivity contribution in [2.24, 2.45) is 0 Å². The normalized spacial score (nSPS) is 12.8. The van der Waals surface area contributed by atoms with E-state index in [-0.39, 0.29) is 5.75 Å². The van der Waals surface area contributed by atoms with E-state index in [1.165, 1.54) is 12.1 Å². The molecule has 106 valence electrons. The van der Waals surface area contributed by atoms with Crippen molar-refractivity contribution in [1.82, 2.24) is 0 Å². The topological polar surface area (TPSA) is 55.8 Å². The number of rotatable bonds is 6. The fraction of sp³-hybridized carbons (Fsp3) is 0.364. The molecule has 0 radical (unpaired) electrons. The van der Waals surface area contributed by atoms with Gasteiger partial charge < -0.3 is 14.6 Å². The standard InChI is InChI=1S/C11H11F3O4S/c1-2-19-10(9(15)16)17-7-3-5-8(6-4-7)18-11(12,13)14/h3-6,10H,2H2,1H3,(H,15,16). The van der Waals surface area contributed by atoms with Gasteiger partial charge in [-0.25, -0.2) is 4.79 Å². The lowest BCUT2D eigenvalue weighted by Gasteiger charge is -2.14. The van der Waals surface area contributed by atoms with Gasteiger partial charge in [-0.15, -0.1) is 24.9 Å². The van der Waals surface area contributed by atoms with Crippen LogP contribution in [0.15, 0.2) is 24.3 Å². The minimum atomic E-state index is -4.76. The monoisotopic (exact) mass is 296 g/mol. The second-order valence-electron chi connectivity index (χ2n) is 3.26. The zero-order valence-corrected chi connectivity index (χ0v) is 10.6. The molecule has 1 aromatic carbocycles. The van der Waals surface area contributed by atoms with Gasteiger partial charge in [-0.3, -0.25) is 0 Å². The number of aliphatic carboxylic acids is 1. The molecule has 1 atom stereocenters. The molecule has 19 heavy (non-hydrogen) atoms. The molecule has 0 spiro atoms. The number of ether oxygens (including phenoxy) is 2. The molecule has 4 nitrogen and oxygen atoms in total. The Morgan fingerprint density at radius 1 is 1.32 bits per heavy atom. The summed E-state index contributed by atoms with van der Waals surface area (Å²) in [6.45, 7) is 1.77. The van der Waals surface area contributed by atoms with E-state index in [1.54, 1.807) is 6.92 Å². The summed E-state index contributed by atoms with van der Waals surface area (Å²) in [6, 6.07) is 4.54. The van der Waals surface area contributed by atoms with Crippen LogP contribution in [-0.4, -0.2) is 28.6 Å². The van der Waals surface area contributed by atoms with Crippen molar-refractivity contribution >= 4 is 17.7 Å². The number of hydrogen-bond acceptors (Lipinski definition) is 4. The first-order valence-electron chi connectivity index (χ1n) is 5.18. The molecule has 1 rings (SSSR count). The first kappa shape index (κ1) is 15.5. The smallest absolute Gasteiger partial charge is 0.478 e. The third-order valence-corrected chi connectivity index (χ3v) is 2.75. The SMILES string of the molecule is CCSC(Oc1ccc(OC(F)(F)F)cc1)C(=O)O. The Bertz CT molecular complexity index is 419. The first-order chi connectivity index (χ1) is 8.81. The van der Waals surface area contributed by atoms with Crippen LogP contribution in [0, 0.1) is 0 Å². The van der Waals surface area contributed by atoms with E-state index >= 15 is 0 Å². The van der Waals surface area contributed by atoms with E-state index in [4.69, 9.17) is 9.84 Å². The Hall–Kier alpha value is -1.57. The number of carboxylic acids is 1. The van der Waals surface area contributed by atoms with Gasteiger partial charge in [0.05, 0.1) is 0 Å². The summed E-state index contributed by atoms with van der Waals surface area (Å²) in [5.74, 6) is -0.855. The summed E-state index contributed by atoms with van der Waals surface area (Å²) < 4.78 is 44.6. The Balaban J connectivity index is 2.68. The van der Waals surface area contributed by atoms with Crippen LogP contribution in [0.1, 0.15) is 6.92 Å². The Labute approximate surface area is 111 Å². The minimum absolute atomic E-state index is 0.155. The summed E-state index contributed by atoms with van der Waals surface area (Å²) >= 11 is 1.06. The van der Waals surface area contributed by atoms with Crippen LogP contribution >= 0.6 is 11.8 Å². The molecule has 0 aliphatic heterocycles. The summed E-state index contributed by atoms with van der Waals surface area (Å²) in [5, 5.41) is 8.85. The minimum Gasteiger partial charge on any atom is -0.478 e. The largest absolute Gasteiger partial charge is 0.573 e. The number of hydrogen-bond donors (Lipinski definition) is 1. The number of halogens is 3. The van der Waals surface area contributed by atoms with Crippen LogP contribution in [0.25, 0.3) is 0 Å². The van der Waals surface area contributed by atoms with E-state index in [9.17, 15) is 18.0 Å². The fourth-order valence-electron chi connectivity index (χ4n) is 1.15. The van der Waals surface area contributed by atoms with Gasteiger partial charge in [0.1, 0.15) is 11.5 Å². The number of carbonyl (C=O) groups is 1. The fourth-order valence-corrected chi connectivity index (χ4v) is 1.78. The lowest BCUT2D eigenvalue weighted by molar-refractivity contribution is -0.274. The summed E-state index contributed by atoms with van der Waals surface area (Å²) in [5.41, 5.74) is -1.10. The summed E-state index contributed by atoms with van der Waals surface area (Å²) in [7, 11) is 0. The molecule has 0 aromatic heterocycles. The Kier molecular flexibility index (Phi) is 5.34. The molecule has 1 N–H and O–H groups in total. The zero-order valence-electron chi connectivity index (χ0n) is 9.81. The molecule has 1 aromatic rings. The van der Waals surface area contributed by atoms with Gasteiger partial charge in [-0.05, 0) is 30.0 Å². The molecule has 1 unspecified atom stereocenters. The zero-order chi connectivity index (χ0) is 14.5. The maximum absolute atomic E-state index is 11.9. The highest BCUT2D eigenvalue weighted by atomic mass is 32.2. The lowest BCUT2D eigenvalue weighted by atomic mass is 10.3. The van der Waals surface area contributed by atoms with Crippen LogP contribution in [0.3, 0.4) is 0 Å². The maximum atomic E-state index is 11.9. The third kappa shape index (κ3) is 5.73. The van der Waals surface area contributed by atoms with Crippen LogP contribution in [0.2, 0.25) is 0 Å². The second-order valence-corrected chi connectivity index (χ2v) is 4.60. The number of benzene rings is 1. The maximum Gasteiger partial charge on any atom is 0.573 e. The molecule has 0 heterocycles. The number of carboxylic acid groups (broad SMARTS) is 1. The number of thioether (sulfide) groups is 1. The second kappa shape index (κ2) is 6.55. The van der Waals surface area contributed by atoms with Crippen LogP contribution in [-0.2, 0) is 4.79 Å². The van der Waals surface area contributed by atoms with Gasteiger partial charge in [-0.2, -0.15) is 0 Å². The predicted octanol–water partition coefficient (Wildman–Crippen LogP) is 3.13. The predicted molar refractivity (Wildman–Crippen MR) is 63.3 cm³/mol. The summed E-state index contributed by atoms with van der Waals surface area (Å²) in [4.78, 5) is 10.8. The quantitative estimate of drug-likeness (QED) is 0.817. The van der Waals surface area contributed by atoms with Crippen LogP contribution in [0.5, 0.6) is 11.5 Å². The average molecular weight is 296 g/mol. The molecule has 0 saturated heterocycles. The van der Waals surface area contributed by atoms with Crippen molar-refractivity contribution in [3.8, 4) is 11.5 Å². The molecule has 0 fully saturated rings. The van der Waals surface area contributed by atoms with Gasteiger partial charge in [0, 0.05) is 0 Å². The van der Waals surface area contributed by atoms with E-state index in [0.717, 1.165) is 23.9 Å². The van der Waals surface area contributed by atoms with Gasteiger partial charge in [0.25, 0.3) is 0 Å². The molecule has 0 saturated carbocycles. The van der Waals surface area contributed by atoms with Gasteiger partial charge in [0.2, 0.25) is 5.44 Å². The van der Waals surface area contributed by atoms with E-state index in [1.807, 2.05) is 0 Å². The molecule has 8 heteroatoms. The number of alkyl halides is 3. The highest BCUT2D eigenvalue weighted by molar-refractivity contribution is 8.00. The van der Waals surface area contributed by atoms with Gasteiger partial charge in [-0.1, -0.05) is 6.92 Å². The van der Waals surface area contributed by atoms with Crippen molar-refractivity contribution in [2.75, 3.05) is 5.75 Å². The van der Waals surface area contributed by atoms with E-state index in [0.29, 0.717) is 5.75 Å². The Morgan fingerprint density at radius 3 is 2.26 bits per heavy atom. The van der Waals surface area contributed by atoms with Crippen LogP contribution in [0.4, 0.5) is 13.2 Å². The highest BCUT2D eigenvalue weighted by Crippen LogP contribution is 2.26. The van der Waals surface area contributed by atoms with E-state index < -0.39 is 23.5 Å². The molecule has 0 aliphatic rings. The lowest BCUT2D eigenvalue weighted by Crippen LogP contribution is -2.23. The molecular formula is C11H11F3O4S. The van der Waals surface area contributed by atoms with Crippen LogP contribution < -0.4 is 9.47 Å². The first-order valence-corrected chi connectivity index (χ1v) is 6.23. The van der Waals surface area contributed by atoms with Crippen molar-refractivity contribution in [2.45, 2.75) is 18.7 Å². The Morgan fingerprint density at radius 2 is 1.84 bits per heavy atom.